The highest BCUT2D eigenvalue weighted by atomic mass is 16.5. The van der Waals surface area contributed by atoms with Crippen LogP contribution < -0.4 is 15.8 Å². The van der Waals surface area contributed by atoms with E-state index >= 15 is 0 Å². The molecule has 3 N–H and O–H groups in total. The summed E-state index contributed by atoms with van der Waals surface area (Å²) in [5.74, 6) is 1.93. The number of rotatable bonds is 6. The Balaban J connectivity index is 1.19. The number of anilines is 1. The van der Waals surface area contributed by atoms with Crippen LogP contribution in [0, 0.1) is 13.8 Å². The van der Waals surface area contributed by atoms with Crippen molar-refractivity contribution in [3.63, 3.8) is 0 Å². The zero-order chi connectivity index (χ0) is 23.4. The fourth-order valence-electron chi connectivity index (χ4n) is 5.10. The second-order valence-corrected chi connectivity index (χ2v) is 9.11. The Morgan fingerprint density at radius 2 is 1.74 bits per heavy atom. The average Bonchev–Trinajstić information content (AvgIpc) is 3.49. The largest absolute Gasteiger partial charge is 0.438 e. The third-order valence-electron chi connectivity index (χ3n) is 6.73. The molecule has 6 rings (SSSR count). The van der Waals surface area contributed by atoms with E-state index in [2.05, 4.69) is 52.7 Å². The lowest BCUT2D eigenvalue weighted by Gasteiger charge is -2.18. The molecule has 2 aromatic carbocycles. The van der Waals surface area contributed by atoms with Gasteiger partial charge in [0.2, 0.25) is 5.88 Å². The van der Waals surface area contributed by atoms with Gasteiger partial charge < -0.3 is 20.5 Å². The summed E-state index contributed by atoms with van der Waals surface area (Å²) in [6, 6.07) is 16.6. The van der Waals surface area contributed by atoms with Gasteiger partial charge in [-0.3, -0.25) is 4.68 Å². The molecule has 2 aliphatic heterocycles. The van der Waals surface area contributed by atoms with Gasteiger partial charge in [0.15, 0.2) is 0 Å². The maximum absolute atomic E-state index is 6.38. The first-order chi connectivity index (χ1) is 16.5. The van der Waals surface area contributed by atoms with Crippen LogP contribution in [-0.2, 0) is 24.9 Å². The number of pyridine rings is 1. The Labute approximate surface area is 198 Å². The normalized spacial score (nSPS) is 17.6. The van der Waals surface area contributed by atoms with Crippen LogP contribution in [0.15, 0.2) is 54.7 Å². The van der Waals surface area contributed by atoms with Gasteiger partial charge in [-0.05, 0) is 71.0 Å². The maximum atomic E-state index is 6.38. The summed E-state index contributed by atoms with van der Waals surface area (Å²) in [4.78, 5) is 4.40. The molecule has 2 aromatic heterocycles. The second-order valence-electron chi connectivity index (χ2n) is 9.11. The van der Waals surface area contributed by atoms with Crippen molar-refractivity contribution in [1.82, 2.24) is 20.1 Å². The van der Waals surface area contributed by atoms with Gasteiger partial charge in [-0.1, -0.05) is 24.3 Å². The van der Waals surface area contributed by atoms with Crippen LogP contribution in [0.25, 0.3) is 0 Å². The van der Waals surface area contributed by atoms with Gasteiger partial charge in [0.1, 0.15) is 23.8 Å². The van der Waals surface area contributed by atoms with E-state index in [1.54, 1.807) is 4.68 Å². The van der Waals surface area contributed by atoms with Crippen molar-refractivity contribution in [3.8, 4) is 11.6 Å². The highest BCUT2D eigenvalue weighted by Crippen LogP contribution is 2.55. The van der Waals surface area contributed by atoms with Crippen molar-refractivity contribution in [2.75, 3.05) is 5.73 Å². The Morgan fingerprint density at radius 3 is 2.50 bits per heavy atom. The number of nitrogen functional groups attached to an aromatic ring is 1. The molecule has 2 bridgehead atoms. The third-order valence-corrected chi connectivity index (χ3v) is 6.73. The van der Waals surface area contributed by atoms with Crippen molar-refractivity contribution in [2.45, 2.75) is 39.1 Å². The number of fused-ring (bicyclic) bond motifs is 8. The molecule has 0 radical (unpaired) electrons. The molecule has 0 saturated heterocycles. The van der Waals surface area contributed by atoms with E-state index in [1.807, 2.05) is 38.4 Å². The van der Waals surface area contributed by atoms with E-state index in [9.17, 15) is 0 Å². The molecule has 7 heteroatoms. The lowest BCUT2D eigenvalue weighted by atomic mass is 9.85. The fraction of sp³-hybridized carbons (Fsp3) is 0.259. The molecule has 7 nitrogen and oxygen atoms in total. The Morgan fingerprint density at radius 1 is 0.971 bits per heavy atom. The van der Waals surface area contributed by atoms with Crippen LogP contribution in [0.4, 0.5) is 5.82 Å². The van der Waals surface area contributed by atoms with Crippen molar-refractivity contribution in [2.24, 2.45) is 7.05 Å². The van der Waals surface area contributed by atoms with Crippen molar-refractivity contribution in [3.05, 3.63) is 99.4 Å². The van der Waals surface area contributed by atoms with Gasteiger partial charge in [-0.2, -0.15) is 0 Å². The zero-order valence-corrected chi connectivity index (χ0v) is 19.5. The molecule has 0 amide bonds. The van der Waals surface area contributed by atoms with Gasteiger partial charge in [-0.25, -0.2) is 4.98 Å². The Kier molecular flexibility index (Phi) is 4.90. The predicted octanol–water partition coefficient (Wildman–Crippen LogP) is 4.62. The van der Waals surface area contributed by atoms with E-state index < -0.39 is 0 Å². The first kappa shape index (κ1) is 20.9. The minimum absolute atomic E-state index is 0.00735. The SMILES string of the molecule is Cc1cc(N)nc(C)c1CNCc1ccc2c(c1)[C@@H]1O[C@H]2c2ccc(Oc3ccn(C)n3)cc21. The number of aryl methyl sites for hydroxylation is 3. The fourth-order valence-corrected chi connectivity index (χ4v) is 5.10. The summed E-state index contributed by atoms with van der Waals surface area (Å²) in [6.07, 6.45) is 1.80. The zero-order valence-electron chi connectivity index (χ0n) is 19.5. The van der Waals surface area contributed by atoms with Gasteiger partial charge in [0, 0.05) is 38.1 Å². The third kappa shape index (κ3) is 3.54. The molecule has 0 aliphatic carbocycles. The summed E-state index contributed by atoms with van der Waals surface area (Å²) in [5, 5.41) is 7.87. The number of nitrogens with one attached hydrogen (secondary N) is 1. The van der Waals surface area contributed by atoms with Gasteiger partial charge in [0.25, 0.3) is 0 Å². The highest BCUT2D eigenvalue weighted by molar-refractivity contribution is 5.57. The van der Waals surface area contributed by atoms with Crippen LogP contribution in [-0.4, -0.2) is 14.8 Å². The van der Waals surface area contributed by atoms with Crippen molar-refractivity contribution in [1.29, 1.82) is 0 Å². The summed E-state index contributed by atoms with van der Waals surface area (Å²) < 4.78 is 14.1. The van der Waals surface area contributed by atoms with Gasteiger partial charge >= 0.3 is 0 Å². The summed E-state index contributed by atoms with van der Waals surface area (Å²) in [5.41, 5.74) is 15.3. The number of hydrogen-bond donors (Lipinski definition) is 2. The standard InChI is InChI=1S/C27H27N5O2/c1-15-10-24(28)30-16(2)23(15)14-29-13-17-4-6-19-21(11-17)27-22-12-18(5-7-20(22)26(19)34-27)33-25-8-9-32(3)31-25/h4-12,26-27,29H,13-14H2,1-3H3,(H2,28,30)/t26-,27+/m1/s1. The van der Waals surface area contributed by atoms with Crippen molar-refractivity contribution >= 4 is 5.82 Å². The van der Waals surface area contributed by atoms with Crippen LogP contribution in [0.3, 0.4) is 0 Å². The first-order valence-electron chi connectivity index (χ1n) is 11.5. The summed E-state index contributed by atoms with van der Waals surface area (Å²) in [7, 11) is 1.88. The smallest absolute Gasteiger partial charge is 0.238 e. The molecule has 2 atom stereocenters. The van der Waals surface area contributed by atoms with Crippen LogP contribution in [0.2, 0.25) is 0 Å². The molecule has 172 valence electrons. The molecule has 2 aliphatic rings. The van der Waals surface area contributed by atoms with Crippen LogP contribution in [0.1, 0.15) is 56.8 Å². The maximum Gasteiger partial charge on any atom is 0.238 e. The number of ether oxygens (including phenoxy) is 2. The average molecular weight is 454 g/mol. The Hall–Kier alpha value is -3.68. The topological polar surface area (TPSA) is 87.2 Å². The molecule has 4 aromatic rings. The molecule has 0 saturated carbocycles. The van der Waals surface area contributed by atoms with E-state index in [1.165, 1.54) is 33.4 Å². The number of benzene rings is 2. The van der Waals surface area contributed by atoms with E-state index in [0.717, 1.165) is 30.1 Å². The number of aromatic nitrogens is 3. The van der Waals surface area contributed by atoms with Crippen LogP contribution in [0.5, 0.6) is 11.6 Å². The lowest BCUT2D eigenvalue weighted by Crippen LogP contribution is -2.16. The van der Waals surface area contributed by atoms with Crippen LogP contribution >= 0.6 is 0 Å². The number of nitrogens with zero attached hydrogens (tertiary/aromatic N) is 3. The number of hydrogen-bond acceptors (Lipinski definition) is 6. The van der Waals surface area contributed by atoms with Crippen molar-refractivity contribution < 1.29 is 9.47 Å². The molecular formula is C27H27N5O2. The monoisotopic (exact) mass is 453 g/mol. The minimum atomic E-state index is -0.0620. The summed E-state index contributed by atoms with van der Waals surface area (Å²) >= 11 is 0. The molecule has 34 heavy (non-hydrogen) atoms. The quantitative estimate of drug-likeness (QED) is 0.443. The molecule has 0 unspecified atom stereocenters. The highest BCUT2D eigenvalue weighted by Gasteiger charge is 2.42. The number of nitrogens with two attached hydrogens (primary N) is 1. The minimum Gasteiger partial charge on any atom is -0.438 e. The predicted molar refractivity (Wildman–Crippen MR) is 130 cm³/mol. The van der Waals surface area contributed by atoms with E-state index in [-0.39, 0.29) is 12.2 Å². The molecular weight excluding hydrogens is 426 g/mol. The second kappa shape index (κ2) is 7.97. The lowest BCUT2D eigenvalue weighted by molar-refractivity contribution is 0.0857. The van der Waals surface area contributed by atoms with Gasteiger partial charge in [0.05, 0.1) is 0 Å². The van der Waals surface area contributed by atoms with E-state index in [4.69, 9.17) is 15.2 Å². The molecule has 0 fully saturated rings. The first-order valence-corrected chi connectivity index (χ1v) is 11.5. The molecule has 0 spiro atoms. The van der Waals surface area contributed by atoms with E-state index in [0.29, 0.717) is 11.7 Å². The van der Waals surface area contributed by atoms with Gasteiger partial charge in [-0.15, -0.1) is 5.10 Å². The summed E-state index contributed by atoms with van der Waals surface area (Å²) in [6.45, 7) is 5.60. The Bertz CT molecular complexity index is 1390. The molecule has 4 heterocycles.